The van der Waals surface area contributed by atoms with E-state index < -0.39 is 0 Å². The Balaban J connectivity index is 1.49. The van der Waals surface area contributed by atoms with Gasteiger partial charge in [-0.05, 0) is 36.6 Å². The number of rotatable bonds is 7. The molecule has 0 unspecified atom stereocenters. The van der Waals surface area contributed by atoms with Crippen LogP contribution in [0.2, 0.25) is 0 Å². The average molecular weight is 378 g/mol. The molecular formula is C22H23N3OS. The maximum atomic E-state index is 12.0. The number of nitrogens with zero attached hydrogens (tertiary/aromatic N) is 2. The molecule has 138 valence electrons. The molecule has 1 N–H and O–H groups in total. The highest BCUT2D eigenvalue weighted by Crippen LogP contribution is 2.20. The molecule has 1 heterocycles. The molecule has 0 saturated heterocycles. The lowest BCUT2D eigenvalue weighted by Gasteiger charge is -2.06. The number of amides is 1. The van der Waals surface area contributed by atoms with Crippen molar-refractivity contribution in [3.8, 4) is 11.3 Å². The Morgan fingerprint density at radius 2 is 1.63 bits per heavy atom. The summed E-state index contributed by atoms with van der Waals surface area (Å²) in [6.45, 7) is 4.72. The summed E-state index contributed by atoms with van der Waals surface area (Å²) in [5.74, 6) is 0.312. The summed E-state index contributed by atoms with van der Waals surface area (Å²) >= 11 is 1.39. The first-order valence-corrected chi connectivity index (χ1v) is 10.0. The molecule has 3 rings (SSSR count). The lowest BCUT2D eigenvalue weighted by atomic mass is 10.1. The fourth-order valence-corrected chi connectivity index (χ4v) is 3.20. The molecule has 0 atom stereocenters. The van der Waals surface area contributed by atoms with Crippen molar-refractivity contribution in [3.63, 3.8) is 0 Å². The van der Waals surface area contributed by atoms with Crippen molar-refractivity contribution in [2.75, 3.05) is 5.75 Å². The number of hydrogen-bond donors (Lipinski definition) is 1. The van der Waals surface area contributed by atoms with E-state index in [0.29, 0.717) is 12.3 Å². The Bertz CT molecular complexity index is 875. The van der Waals surface area contributed by atoms with Crippen LogP contribution in [0.15, 0.2) is 65.7 Å². The molecule has 0 spiro atoms. The van der Waals surface area contributed by atoms with E-state index in [4.69, 9.17) is 0 Å². The van der Waals surface area contributed by atoms with Gasteiger partial charge in [-0.1, -0.05) is 72.8 Å². The fourth-order valence-electron chi connectivity index (χ4n) is 2.56. The summed E-state index contributed by atoms with van der Waals surface area (Å²) in [7, 11) is 0. The predicted molar refractivity (Wildman–Crippen MR) is 111 cm³/mol. The third-order valence-corrected chi connectivity index (χ3v) is 5.18. The van der Waals surface area contributed by atoms with Gasteiger partial charge >= 0.3 is 0 Å². The first kappa shape index (κ1) is 19.1. The Labute approximate surface area is 164 Å². The maximum absolute atomic E-state index is 12.0. The summed E-state index contributed by atoms with van der Waals surface area (Å²) < 4.78 is 0. The van der Waals surface area contributed by atoms with Crippen molar-refractivity contribution in [2.24, 2.45) is 0 Å². The van der Waals surface area contributed by atoms with Gasteiger partial charge in [0.25, 0.3) is 0 Å². The number of carbonyl (C=O) groups is 1. The highest BCUT2D eigenvalue weighted by molar-refractivity contribution is 7.99. The maximum Gasteiger partial charge on any atom is 0.230 e. The number of carbonyl (C=O) groups excluding carboxylic acids is 1. The molecule has 2 aromatic carbocycles. The number of nitrogens with one attached hydrogen (secondary N) is 1. The lowest BCUT2D eigenvalue weighted by Crippen LogP contribution is -2.24. The van der Waals surface area contributed by atoms with E-state index in [1.807, 2.05) is 43.3 Å². The highest BCUT2D eigenvalue weighted by atomic mass is 32.2. The van der Waals surface area contributed by atoms with Gasteiger partial charge in [0.15, 0.2) is 0 Å². The van der Waals surface area contributed by atoms with Crippen LogP contribution in [0, 0.1) is 6.92 Å². The fraction of sp³-hybridized carbons (Fsp3) is 0.227. The monoisotopic (exact) mass is 377 g/mol. The molecule has 4 nitrogen and oxygen atoms in total. The second kappa shape index (κ2) is 9.33. The van der Waals surface area contributed by atoms with Crippen LogP contribution in [0.5, 0.6) is 0 Å². The largest absolute Gasteiger partial charge is 0.351 e. The van der Waals surface area contributed by atoms with E-state index in [2.05, 4.69) is 46.7 Å². The molecule has 27 heavy (non-hydrogen) atoms. The molecule has 5 heteroatoms. The molecule has 1 amide bonds. The molecule has 3 aromatic rings. The normalized spacial score (nSPS) is 10.6. The van der Waals surface area contributed by atoms with E-state index in [1.54, 1.807) is 0 Å². The van der Waals surface area contributed by atoms with Crippen LogP contribution in [0.3, 0.4) is 0 Å². The number of aromatic nitrogens is 2. The lowest BCUT2D eigenvalue weighted by molar-refractivity contribution is -0.118. The van der Waals surface area contributed by atoms with E-state index in [-0.39, 0.29) is 5.91 Å². The van der Waals surface area contributed by atoms with Crippen LogP contribution >= 0.6 is 11.8 Å². The smallest absolute Gasteiger partial charge is 0.230 e. The summed E-state index contributed by atoms with van der Waals surface area (Å²) in [5, 5.41) is 12.2. The molecule has 0 bridgehead atoms. The van der Waals surface area contributed by atoms with Gasteiger partial charge in [0, 0.05) is 12.1 Å². The van der Waals surface area contributed by atoms with E-state index in [0.717, 1.165) is 28.3 Å². The molecule has 0 aliphatic rings. The van der Waals surface area contributed by atoms with Crippen LogP contribution in [-0.4, -0.2) is 21.9 Å². The minimum absolute atomic E-state index is 0.0124. The van der Waals surface area contributed by atoms with Gasteiger partial charge in [0.05, 0.1) is 11.4 Å². The first-order valence-electron chi connectivity index (χ1n) is 9.02. The summed E-state index contributed by atoms with van der Waals surface area (Å²) in [4.78, 5) is 12.0. The average Bonchev–Trinajstić information content (AvgIpc) is 2.72. The van der Waals surface area contributed by atoms with Crippen LogP contribution in [0.1, 0.15) is 23.6 Å². The van der Waals surface area contributed by atoms with Crippen LogP contribution in [0.4, 0.5) is 0 Å². The van der Waals surface area contributed by atoms with Gasteiger partial charge in [0.1, 0.15) is 5.03 Å². The molecule has 0 aliphatic carbocycles. The zero-order valence-corrected chi connectivity index (χ0v) is 16.4. The summed E-state index contributed by atoms with van der Waals surface area (Å²) in [6.07, 6.45) is 1.02. The molecule has 1 aromatic heterocycles. The second-order valence-corrected chi connectivity index (χ2v) is 7.35. The molecule has 0 aliphatic heterocycles. The molecule has 0 fully saturated rings. The number of thioether (sulfide) groups is 1. The van der Waals surface area contributed by atoms with Crippen molar-refractivity contribution in [2.45, 2.75) is 31.8 Å². The van der Waals surface area contributed by atoms with Crippen molar-refractivity contribution in [1.82, 2.24) is 15.5 Å². The molecular weight excluding hydrogens is 354 g/mol. The van der Waals surface area contributed by atoms with Crippen LogP contribution in [0.25, 0.3) is 11.3 Å². The third kappa shape index (κ3) is 5.66. The van der Waals surface area contributed by atoms with Crippen molar-refractivity contribution in [1.29, 1.82) is 0 Å². The van der Waals surface area contributed by atoms with Crippen molar-refractivity contribution < 1.29 is 4.79 Å². The van der Waals surface area contributed by atoms with Gasteiger partial charge in [-0.3, -0.25) is 4.79 Å². The Kier molecular flexibility index (Phi) is 6.60. The standard InChI is InChI=1S/C22H23N3OS/c1-3-17-8-10-19(11-9-17)20-12-13-22(25-24-20)27-15-21(26)23-14-18-6-4-16(2)5-7-18/h4-13H,3,14-15H2,1-2H3,(H,23,26). The molecule has 0 saturated carbocycles. The first-order chi connectivity index (χ1) is 13.1. The minimum Gasteiger partial charge on any atom is -0.351 e. The Morgan fingerprint density at radius 3 is 2.26 bits per heavy atom. The zero-order valence-electron chi connectivity index (χ0n) is 15.6. The van der Waals surface area contributed by atoms with Gasteiger partial charge in [0.2, 0.25) is 5.91 Å². The minimum atomic E-state index is -0.0124. The third-order valence-electron chi connectivity index (χ3n) is 4.26. The highest BCUT2D eigenvalue weighted by Gasteiger charge is 2.06. The number of aryl methyl sites for hydroxylation is 2. The van der Waals surface area contributed by atoms with Crippen molar-refractivity contribution in [3.05, 3.63) is 77.4 Å². The summed E-state index contributed by atoms with van der Waals surface area (Å²) in [5.41, 5.74) is 5.49. The molecule has 0 radical (unpaired) electrons. The SMILES string of the molecule is CCc1ccc(-c2ccc(SCC(=O)NCc3ccc(C)cc3)nn2)cc1. The Hall–Kier alpha value is -2.66. The topological polar surface area (TPSA) is 54.9 Å². The van der Waals surface area contributed by atoms with Gasteiger partial charge < -0.3 is 5.32 Å². The zero-order chi connectivity index (χ0) is 19.1. The van der Waals surface area contributed by atoms with E-state index in [1.165, 1.54) is 22.9 Å². The van der Waals surface area contributed by atoms with E-state index >= 15 is 0 Å². The van der Waals surface area contributed by atoms with Gasteiger partial charge in [-0.25, -0.2) is 0 Å². The van der Waals surface area contributed by atoms with Crippen LogP contribution < -0.4 is 5.32 Å². The van der Waals surface area contributed by atoms with Crippen LogP contribution in [-0.2, 0) is 17.8 Å². The van der Waals surface area contributed by atoms with Gasteiger partial charge in [-0.15, -0.1) is 10.2 Å². The van der Waals surface area contributed by atoms with E-state index in [9.17, 15) is 4.79 Å². The number of benzene rings is 2. The quantitative estimate of drug-likeness (QED) is 0.619. The van der Waals surface area contributed by atoms with Gasteiger partial charge in [-0.2, -0.15) is 0 Å². The Morgan fingerprint density at radius 1 is 0.926 bits per heavy atom. The predicted octanol–water partition coefficient (Wildman–Crippen LogP) is 4.42. The second-order valence-electron chi connectivity index (χ2n) is 6.36. The van der Waals surface area contributed by atoms with Crippen molar-refractivity contribution >= 4 is 17.7 Å². The summed E-state index contributed by atoms with van der Waals surface area (Å²) in [6, 6.07) is 20.3. The number of hydrogen-bond acceptors (Lipinski definition) is 4.